The zero-order chi connectivity index (χ0) is 13.9. The first kappa shape index (κ1) is 14.5. The number of benzene rings is 1. The molecular weight excluding hydrogens is 254 g/mol. The molecule has 0 aliphatic rings. The summed E-state index contributed by atoms with van der Waals surface area (Å²) in [6.07, 6.45) is 1.99. The fourth-order valence-corrected chi connectivity index (χ4v) is 3.96. The molecule has 0 fully saturated rings. The molecule has 104 valence electrons. The molecule has 0 aliphatic heterocycles. The van der Waals surface area contributed by atoms with Crippen LogP contribution in [0.2, 0.25) is 0 Å². The third kappa shape index (κ3) is 2.42. The van der Waals surface area contributed by atoms with E-state index >= 15 is 0 Å². The van der Waals surface area contributed by atoms with Crippen LogP contribution in [-0.2, 0) is 4.74 Å². The molecule has 0 bridgehead atoms. The summed E-state index contributed by atoms with van der Waals surface area (Å²) in [4.78, 5) is 0. The third-order valence-electron chi connectivity index (χ3n) is 4.24. The van der Waals surface area contributed by atoms with E-state index in [1.54, 1.807) is 0 Å². The highest BCUT2D eigenvalue weighted by Gasteiger charge is 2.36. The maximum atomic E-state index is 5.91. The van der Waals surface area contributed by atoms with Gasteiger partial charge in [0.1, 0.15) is 0 Å². The van der Waals surface area contributed by atoms with Gasteiger partial charge in [-0.1, -0.05) is 32.0 Å². The van der Waals surface area contributed by atoms with Gasteiger partial charge in [-0.3, -0.25) is 0 Å². The van der Waals surface area contributed by atoms with E-state index in [9.17, 15) is 0 Å². The van der Waals surface area contributed by atoms with Crippen LogP contribution in [0.15, 0.2) is 29.6 Å². The molecule has 0 amide bonds. The SMILES string of the molecule is CCC(CC)(OC)C(NC)c1cccc2ccsc12. The number of likely N-dealkylation sites (N-methyl/N-ethyl adjacent to an activating group) is 1. The van der Waals surface area contributed by atoms with E-state index in [1.807, 2.05) is 25.5 Å². The second-order valence-electron chi connectivity index (χ2n) is 4.88. The number of ether oxygens (including phenoxy) is 1. The minimum Gasteiger partial charge on any atom is -0.376 e. The Morgan fingerprint density at radius 1 is 1.26 bits per heavy atom. The van der Waals surface area contributed by atoms with Crippen molar-refractivity contribution >= 4 is 21.4 Å². The van der Waals surface area contributed by atoms with Crippen LogP contribution < -0.4 is 5.32 Å². The summed E-state index contributed by atoms with van der Waals surface area (Å²) in [5.41, 5.74) is 1.20. The van der Waals surface area contributed by atoms with Crippen LogP contribution in [0.3, 0.4) is 0 Å². The lowest BCUT2D eigenvalue weighted by molar-refractivity contribution is -0.0463. The zero-order valence-corrected chi connectivity index (χ0v) is 13.0. The van der Waals surface area contributed by atoms with Crippen molar-refractivity contribution < 1.29 is 4.74 Å². The standard InChI is InChI=1S/C16H23NOS/c1-5-16(6-2,18-4)15(17-3)13-9-7-8-12-10-11-19-14(12)13/h7-11,15,17H,5-6H2,1-4H3. The minimum absolute atomic E-state index is 0.146. The quantitative estimate of drug-likeness (QED) is 0.846. The lowest BCUT2D eigenvalue weighted by Gasteiger charge is -2.38. The monoisotopic (exact) mass is 277 g/mol. The smallest absolute Gasteiger partial charge is 0.0867 e. The number of rotatable bonds is 6. The average Bonchev–Trinajstić information content (AvgIpc) is 2.93. The second kappa shape index (κ2) is 6.04. The number of methoxy groups -OCH3 is 1. The van der Waals surface area contributed by atoms with E-state index < -0.39 is 0 Å². The van der Waals surface area contributed by atoms with Crippen molar-refractivity contribution in [3.05, 3.63) is 35.2 Å². The maximum Gasteiger partial charge on any atom is 0.0867 e. The van der Waals surface area contributed by atoms with Crippen molar-refractivity contribution in [1.82, 2.24) is 5.32 Å². The van der Waals surface area contributed by atoms with Crippen LogP contribution in [0.5, 0.6) is 0 Å². The van der Waals surface area contributed by atoms with Crippen LogP contribution in [0, 0.1) is 0 Å². The zero-order valence-electron chi connectivity index (χ0n) is 12.2. The molecule has 0 spiro atoms. The molecule has 0 aliphatic carbocycles. The van der Waals surface area contributed by atoms with Gasteiger partial charge in [-0.05, 0) is 42.3 Å². The van der Waals surface area contributed by atoms with Gasteiger partial charge < -0.3 is 10.1 Å². The van der Waals surface area contributed by atoms with Gasteiger partial charge in [-0.2, -0.15) is 0 Å². The highest BCUT2D eigenvalue weighted by atomic mass is 32.1. The number of fused-ring (bicyclic) bond motifs is 1. The lowest BCUT2D eigenvalue weighted by Crippen LogP contribution is -2.43. The summed E-state index contributed by atoms with van der Waals surface area (Å²) in [5, 5.41) is 6.96. The molecule has 2 nitrogen and oxygen atoms in total. The Bertz CT molecular complexity index is 522. The Kier molecular flexibility index (Phi) is 4.61. The van der Waals surface area contributed by atoms with Gasteiger partial charge in [0.25, 0.3) is 0 Å². The number of hydrogen-bond donors (Lipinski definition) is 1. The first-order valence-corrected chi connectivity index (χ1v) is 7.79. The molecular formula is C16H23NOS. The summed E-state index contributed by atoms with van der Waals surface area (Å²) in [5.74, 6) is 0. The summed E-state index contributed by atoms with van der Waals surface area (Å²) < 4.78 is 7.28. The minimum atomic E-state index is -0.146. The Balaban J connectivity index is 2.55. The molecule has 19 heavy (non-hydrogen) atoms. The molecule has 2 rings (SSSR count). The van der Waals surface area contributed by atoms with Crippen molar-refractivity contribution in [1.29, 1.82) is 0 Å². The summed E-state index contributed by atoms with van der Waals surface area (Å²) in [6.45, 7) is 4.40. The van der Waals surface area contributed by atoms with E-state index in [0.29, 0.717) is 0 Å². The number of nitrogens with one attached hydrogen (secondary N) is 1. The third-order valence-corrected chi connectivity index (χ3v) is 5.22. The van der Waals surface area contributed by atoms with Crippen molar-refractivity contribution in [2.24, 2.45) is 0 Å². The lowest BCUT2D eigenvalue weighted by atomic mass is 9.83. The van der Waals surface area contributed by atoms with Gasteiger partial charge in [0.15, 0.2) is 0 Å². The Morgan fingerprint density at radius 3 is 2.58 bits per heavy atom. The molecule has 3 heteroatoms. The molecule has 1 aromatic heterocycles. The molecule has 0 radical (unpaired) electrons. The molecule has 1 unspecified atom stereocenters. The molecule has 2 aromatic rings. The second-order valence-corrected chi connectivity index (χ2v) is 5.80. The first-order valence-electron chi connectivity index (χ1n) is 6.91. The van der Waals surface area contributed by atoms with Crippen LogP contribution in [-0.4, -0.2) is 19.8 Å². The molecule has 0 saturated carbocycles. The Labute approximate surface area is 119 Å². The van der Waals surface area contributed by atoms with Crippen molar-refractivity contribution in [3.63, 3.8) is 0 Å². The van der Waals surface area contributed by atoms with Crippen LogP contribution in [0.4, 0.5) is 0 Å². The van der Waals surface area contributed by atoms with Crippen molar-refractivity contribution in [2.45, 2.75) is 38.3 Å². The average molecular weight is 277 g/mol. The van der Waals surface area contributed by atoms with Gasteiger partial charge in [0.05, 0.1) is 11.6 Å². The van der Waals surface area contributed by atoms with Gasteiger partial charge >= 0.3 is 0 Å². The fourth-order valence-electron chi connectivity index (χ4n) is 3.01. The van der Waals surface area contributed by atoms with Gasteiger partial charge in [-0.15, -0.1) is 11.3 Å². The predicted octanol–water partition coefficient (Wildman–Crippen LogP) is 4.37. The highest BCUT2D eigenvalue weighted by Crippen LogP contribution is 2.39. The van der Waals surface area contributed by atoms with E-state index in [4.69, 9.17) is 4.74 Å². The first-order chi connectivity index (χ1) is 9.22. The number of hydrogen-bond acceptors (Lipinski definition) is 3. The Morgan fingerprint density at radius 2 is 2.00 bits per heavy atom. The summed E-state index contributed by atoms with van der Waals surface area (Å²) >= 11 is 1.81. The molecule has 1 atom stereocenters. The fraction of sp³-hybridized carbons (Fsp3) is 0.500. The van der Waals surface area contributed by atoms with Crippen molar-refractivity contribution in [2.75, 3.05) is 14.2 Å². The van der Waals surface area contributed by atoms with E-state index in [1.165, 1.54) is 15.6 Å². The van der Waals surface area contributed by atoms with Gasteiger partial charge in [0, 0.05) is 11.8 Å². The van der Waals surface area contributed by atoms with Crippen molar-refractivity contribution in [3.8, 4) is 0 Å². The van der Waals surface area contributed by atoms with E-state index in [2.05, 4.69) is 48.8 Å². The normalized spacial score (nSPS) is 13.9. The molecule has 1 aromatic carbocycles. The van der Waals surface area contributed by atoms with E-state index in [-0.39, 0.29) is 11.6 Å². The highest BCUT2D eigenvalue weighted by molar-refractivity contribution is 7.17. The maximum absolute atomic E-state index is 5.91. The summed E-state index contributed by atoms with van der Waals surface area (Å²) in [7, 11) is 3.85. The topological polar surface area (TPSA) is 21.3 Å². The van der Waals surface area contributed by atoms with Gasteiger partial charge in [-0.25, -0.2) is 0 Å². The molecule has 0 saturated heterocycles. The van der Waals surface area contributed by atoms with Crippen LogP contribution in [0.25, 0.3) is 10.1 Å². The van der Waals surface area contributed by atoms with E-state index in [0.717, 1.165) is 12.8 Å². The van der Waals surface area contributed by atoms with Gasteiger partial charge in [0.2, 0.25) is 0 Å². The van der Waals surface area contributed by atoms with Crippen LogP contribution in [0.1, 0.15) is 38.3 Å². The predicted molar refractivity (Wildman–Crippen MR) is 83.9 cm³/mol. The number of thiophene rings is 1. The molecule has 1 heterocycles. The summed E-state index contributed by atoms with van der Waals surface area (Å²) in [6, 6.07) is 8.94. The molecule has 1 N–H and O–H groups in total. The van der Waals surface area contributed by atoms with Crippen LogP contribution >= 0.6 is 11.3 Å². The Hall–Kier alpha value is -0.900. The largest absolute Gasteiger partial charge is 0.376 e.